The summed E-state index contributed by atoms with van der Waals surface area (Å²) in [6, 6.07) is 24.0. The van der Waals surface area contributed by atoms with Crippen LogP contribution in [0.4, 0.5) is 4.39 Å². The molecule has 0 amide bonds. The number of nitrogens with zero attached hydrogens (tertiary/aromatic N) is 3. The minimum absolute atomic E-state index is 0.272. The van der Waals surface area contributed by atoms with Crippen molar-refractivity contribution in [2.45, 2.75) is 39.7 Å². The van der Waals surface area contributed by atoms with Gasteiger partial charge in [0.15, 0.2) is 0 Å². The quantitative estimate of drug-likeness (QED) is 0.339. The summed E-state index contributed by atoms with van der Waals surface area (Å²) in [7, 11) is 0. The third kappa shape index (κ3) is 4.67. The Morgan fingerprint density at radius 3 is 2.26 bits per heavy atom. The molecule has 0 saturated carbocycles. The molecule has 0 aliphatic heterocycles. The van der Waals surface area contributed by atoms with Gasteiger partial charge in [-0.15, -0.1) is 0 Å². The van der Waals surface area contributed by atoms with Crippen LogP contribution in [0.2, 0.25) is 0 Å². The van der Waals surface area contributed by atoms with Gasteiger partial charge in [0.05, 0.1) is 17.2 Å². The third-order valence-corrected chi connectivity index (χ3v) is 5.96. The third-order valence-electron chi connectivity index (χ3n) is 5.96. The van der Waals surface area contributed by atoms with Crippen molar-refractivity contribution in [3.8, 4) is 28.3 Å². The molecule has 0 atom stereocenters. The Morgan fingerprint density at radius 1 is 0.941 bits per heavy atom. The van der Waals surface area contributed by atoms with Crippen molar-refractivity contribution < 1.29 is 4.39 Å². The summed E-state index contributed by atoms with van der Waals surface area (Å²) in [5, 5.41) is 9.42. The van der Waals surface area contributed by atoms with Gasteiger partial charge in [-0.2, -0.15) is 10.2 Å². The molecule has 4 rings (SSSR count). The maximum atomic E-state index is 13.5. The van der Waals surface area contributed by atoms with Gasteiger partial charge >= 0.3 is 0 Å². The Balaban J connectivity index is 1.77. The first-order valence-electron chi connectivity index (χ1n) is 11.5. The molecule has 0 radical (unpaired) electrons. The van der Waals surface area contributed by atoms with Crippen LogP contribution in [0.5, 0.6) is 0 Å². The van der Waals surface area contributed by atoms with E-state index in [1.807, 2.05) is 55.5 Å². The zero-order valence-electron chi connectivity index (χ0n) is 19.4. The zero-order chi connectivity index (χ0) is 24.1. The topological polar surface area (TPSA) is 58.7 Å². The Labute approximate surface area is 199 Å². The van der Waals surface area contributed by atoms with E-state index in [2.05, 4.69) is 22.5 Å². The second-order valence-electron chi connectivity index (χ2n) is 8.21. The Morgan fingerprint density at radius 2 is 1.62 bits per heavy atom. The molecular formula is C29H26FN3O. The van der Waals surface area contributed by atoms with Gasteiger partial charge in [0.2, 0.25) is 0 Å². The molecule has 0 aliphatic carbocycles. The number of aryl methyl sites for hydroxylation is 1. The molecule has 170 valence electrons. The van der Waals surface area contributed by atoms with E-state index in [9.17, 15) is 14.4 Å². The number of hydrogen-bond donors (Lipinski definition) is 0. The van der Waals surface area contributed by atoms with Crippen LogP contribution in [0.3, 0.4) is 0 Å². The van der Waals surface area contributed by atoms with Crippen LogP contribution in [0.1, 0.15) is 42.9 Å². The average Bonchev–Trinajstić information content (AvgIpc) is 2.86. The minimum Gasteiger partial charge on any atom is -0.328 e. The SMILES string of the molecule is CCCc1nc(=O)c(-c2ccc(F)cc2)c(CC)n1Cc1ccc(-c2ccccc2C#N)cc1. The number of aromatic nitrogens is 2. The first-order chi connectivity index (χ1) is 16.5. The molecule has 4 nitrogen and oxygen atoms in total. The van der Waals surface area contributed by atoms with Gasteiger partial charge in [0.25, 0.3) is 5.56 Å². The molecule has 5 heteroatoms. The molecule has 0 saturated heterocycles. The predicted molar refractivity (Wildman–Crippen MR) is 133 cm³/mol. The molecule has 0 aliphatic rings. The molecule has 1 heterocycles. The highest BCUT2D eigenvalue weighted by molar-refractivity contribution is 5.70. The number of benzene rings is 3. The van der Waals surface area contributed by atoms with E-state index in [0.29, 0.717) is 36.1 Å². The van der Waals surface area contributed by atoms with Crippen LogP contribution in [0.25, 0.3) is 22.3 Å². The Bertz CT molecular complexity index is 1400. The second kappa shape index (κ2) is 10.3. The van der Waals surface area contributed by atoms with Crippen molar-refractivity contribution in [2.24, 2.45) is 0 Å². The second-order valence-corrected chi connectivity index (χ2v) is 8.21. The van der Waals surface area contributed by atoms with E-state index in [0.717, 1.165) is 34.6 Å². The fourth-order valence-corrected chi connectivity index (χ4v) is 4.33. The highest BCUT2D eigenvalue weighted by Gasteiger charge is 2.18. The van der Waals surface area contributed by atoms with Crippen molar-refractivity contribution in [2.75, 3.05) is 0 Å². The molecule has 3 aromatic carbocycles. The largest absolute Gasteiger partial charge is 0.328 e. The maximum Gasteiger partial charge on any atom is 0.281 e. The summed E-state index contributed by atoms with van der Waals surface area (Å²) in [4.78, 5) is 17.4. The molecule has 0 fully saturated rings. The van der Waals surface area contributed by atoms with Crippen LogP contribution in [-0.4, -0.2) is 9.55 Å². The van der Waals surface area contributed by atoms with Gasteiger partial charge in [-0.25, -0.2) is 4.39 Å². The van der Waals surface area contributed by atoms with Crippen molar-refractivity contribution in [3.05, 3.63) is 112 Å². The smallest absolute Gasteiger partial charge is 0.281 e. The van der Waals surface area contributed by atoms with E-state index in [1.165, 1.54) is 12.1 Å². The normalized spacial score (nSPS) is 10.8. The van der Waals surface area contributed by atoms with Gasteiger partial charge in [0.1, 0.15) is 11.6 Å². The van der Waals surface area contributed by atoms with Crippen molar-refractivity contribution in [1.82, 2.24) is 9.55 Å². The van der Waals surface area contributed by atoms with E-state index in [-0.39, 0.29) is 11.4 Å². The van der Waals surface area contributed by atoms with Gasteiger partial charge in [-0.1, -0.05) is 68.4 Å². The fourth-order valence-electron chi connectivity index (χ4n) is 4.33. The molecule has 4 aromatic rings. The van der Waals surface area contributed by atoms with Gasteiger partial charge in [0, 0.05) is 18.7 Å². The summed E-state index contributed by atoms with van der Waals surface area (Å²) in [5.41, 5.74) is 5.43. The fraction of sp³-hybridized carbons (Fsp3) is 0.207. The van der Waals surface area contributed by atoms with Gasteiger partial charge < -0.3 is 4.57 Å². The summed E-state index contributed by atoms with van der Waals surface area (Å²) >= 11 is 0. The van der Waals surface area contributed by atoms with E-state index >= 15 is 0 Å². The number of hydrogen-bond acceptors (Lipinski definition) is 3. The lowest BCUT2D eigenvalue weighted by Crippen LogP contribution is -2.24. The maximum absolute atomic E-state index is 13.5. The monoisotopic (exact) mass is 451 g/mol. The summed E-state index contributed by atoms with van der Waals surface area (Å²) in [6.07, 6.45) is 2.21. The van der Waals surface area contributed by atoms with Crippen molar-refractivity contribution in [1.29, 1.82) is 5.26 Å². The number of halogens is 1. The van der Waals surface area contributed by atoms with E-state index < -0.39 is 0 Å². The first-order valence-corrected chi connectivity index (χ1v) is 11.5. The summed E-state index contributed by atoms with van der Waals surface area (Å²) in [6.45, 7) is 4.66. The number of nitriles is 1. The molecule has 34 heavy (non-hydrogen) atoms. The zero-order valence-corrected chi connectivity index (χ0v) is 19.4. The summed E-state index contributed by atoms with van der Waals surface area (Å²) in [5.74, 6) is 0.421. The molecular weight excluding hydrogens is 425 g/mol. The molecule has 0 spiro atoms. The first kappa shape index (κ1) is 23.1. The lowest BCUT2D eigenvalue weighted by molar-refractivity contribution is 0.627. The summed E-state index contributed by atoms with van der Waals surface area (Å²) < 4.78 is 15.6. The average molecular weight is 452 g/mol. The van der Waals surface area contributed by atoms with Crippen molar-refractivity contribution >= 4 is 0 Å². The molecule has 0 unspecified atom stereocenters. The minimum atomic E-state index is -0.337. The van der Waals surface area contributed by atoms with Gasteiger partial charge in [-0.3, -0.25) is 4.79 Å². The van der Waals surface area contributed by atoms with Crippen molar-refractivity contribution in [3.63, 3.8) is 0 Å². The van der Waals surface area contributed by atoms with Crippen LogP contribution in [-0.2, 0) is 19.4 Å². The van der Waals surface area contributed by atoms with Crippen LogP contribution < -0.4 is 5.56 Å². The number of rotatable bonds is 7. The van der Waals surface area contributed by atoms with Gasteiger partial charge in [-0.05, 0) is 53.3 Å². The Kier molecular flexibility index (Phi) is 6.98. The van der Waals surface area contributed by atoms with E-state index in [4.69, 9.17) is 0 Å². The van der Waals surface area contributed by atoms with E-state index in [1.54, 1.807) is 12.1 Å². The molecule has 1 aromatic heterocycles. The highest BCUT2D eigenvalue weighted by Crippen LogP contribution is 2.26. The van der Waals surface area contributed by atoms with Crippen LogP contribution in [0.15, 0.2) is 77.6 Å². The predicted octanol–water partition coefficient (Wildman–Crippen LogP) is 6.15. The lowest BCUT2D eigenvalue weighted by atomic mass is 9.99. The molecule has 0 N–H and O–H groups in total. The standard InChI is InChI=1S/C29H26FN3O/c1-3-7-27-32-29(34)28(22-14-16-24(30)17-15-22)26(4-2)33(27)19-20-10-12-21(13-11-20)25-9-6-5-8-23(25)18-31/h5-6,8-17H,3-4,7,19H2,1-2H3. The van der Waals surface area contributed by atoms with Crippen LogP contribution >= 0.6 is 0 Å². The Hall–Kier alpha value is -4.04. The van der Waals surface area contributed by atoms with Crippen LogP contribution in [0, 0.1) is 17.1 Å². The lowest BCUT2D eigenvalue weighted by Gasteiger charge is -2.20. The molecule has 0 bridgehead atoms. The highest BCUT2D eigenvalue weighted by atomic mass is 19.1.